The van der Waals surface area contributed by atoms with Gasteiger partial charge in [-0.25, -0.2) is 13.1 Å². The van der Waals surface area contributed by atoms with E-state index in [-0.39, 0.29) is 16.3 Å². The van der Waals surface area contributed by atoms with Crippen LogP contribution in [0, 0.1) is 0 Å². The van der Waals surface area contributed by atoms with Crippen LogP contribution in [-0.2, 0) is 22.7 Å². The first-order chi connectivity index (χ1) is 17.9. The van der Waals surface area contributed by atoms with Crippen molar-refractivity contribution in [2.75, 3.05) is 38.1 Å². The van der Waals surface area contributed by atoms with Gasteiger partial charge in [-0.2, -0.15) is 13.2 Å². The van der Waals surface area contributed by atoms with Gasteiger partial charge in [0.05, 0.1) is 16.5 Å². The Hall–Kier alpha value is -2.68. The lowest BCUT2D eigenvalue weighted by molar-refractivity contribution is -0.137. The van der Waals surface area contributed by atoms with E-state index in [4.69, 9.17) is 4.74 Å². The molecule has 0 bridgehead atoms. The molecule has 14 heteroatoms. The number of anilines is 1. The molecule has 0 aliphatic carbocycles. The third kappa shape index (κ3) is 6.30. The Morgan fingerprint density at radius 3 is 2.47 bits per heavy atom. The maximum Gasteiger partial charge on any atom is 0.416 e. The summed E-state index contributed by atoms with van der Waals surface area (Å²) < 4.78 is 75.6. The van der Waals surface area contributed by atoms with Crippen molar-refractivity contribution in [1.82, 2.24) is 24.4 Å². The molecule has 0 saturated carbocycles. The van der Waals surface area contributed by atoms with Gasteiger partial charge in [-0.1, -0.05) is 11.2 Å². The normalized spacial score (nSPS) is 16.0. The minimum atomic E-state index is -4.69. The molecule has 1 fully saturated rings. The number of nitrogens with zero attached hydrogens (tertiary/aromatic N) is 5. The van der Waals surface area contributed by atoms with Gasteiger partial charge in [0.15, 0.2) is 5.82 Å². The quantitative estimate of drug-likeness (QED) is 0.393. The molecule has 1 saturated heterocycles. The molecule has 9 nitrogen and oxygen atoms in total. The highest BCUT2D eigenvalue weighted by atomic mass is 79.9. The van der Waals surface area contributed by atoms with Gasteiger partial charge in [-0.05, 0) is 67.2 Å². The highest BCUT2D eigenvalue weighted by Crippen LogP contribution is 2.34. The summed E-state index contributed by atoms with van der Waals surface area (Å²) in [5.74, 6) is 0.806. The molecule has 0 radical (unpaired) electrons. The van der Waals surface area contributed by atoms with E-state index in [0.717, 1.165) is 44.0 Å². The summed E-state index contributed by atoms with van der Waals surface area (Å²) in [5, 5.41) is 8.21. The van der Waals surface area contributed by atoms with Crippen molar-refractivity contribution in [1.29, 1.82) is 0 Å². The number of rotatable bonds is 8. The highest BCUT2D eigenvalue weighted by molar-refractivity contribution is 9.10. The molecule has 0 unspecified atom stereocenters. The molecular weight excluding hydrogens is 589 g/mol. The van der Waals surface area contributed by atoms with Gasteiger partial charge in [-0.3, -0.25) is 4.57 Å². The van der Waals surface area contributed by atoms with E-state index in [1.807, 2.05) is 25.1 Å². The van der Waals surface area contributed by atoms with E-state index >= 15 is 0 Å². The maximum absolute atomic E-state index is 13.2. The number of benzene rings is 2. The first-order valence-corrected chi connectivity index (χ1v) is 14.2. The minimum Gasteiger partial charge on any atom is -0.424 e. The van der Waals surface area contributed by atoms with E-state index in [1.54, 1.807) is 10.6 Å². The van der Waals surface area contributed by atoms with Crippen LogP contribution in [0.25, 0.3) is 0 Å². The number of ether oxygens (including phenoxy) is 1. The lowest BCUT2D eigenvalue weighted by Crippen LogP contribution is -2.44. The average Bonchev–Trinajstić information content (AvgIpc) is 3.26. The zero-order valence-electron chi connectivity index (χ0n) is 21.0. The molecular formula is C24H28BrF3N6O3S. The Bertz CT molecular complexity index is 1390. The number of likely N-dealkylation sites (N-methyl/N-ethyl adjacent to an activating group) is 1. The Morgan fingerprint density at radius 1 is 1.11 bits per heavy atom. The van der Waals surface area contributed by atoms with Crippen LogP contribution in [0.5, 0.6) is 11.8 Å². The van der Waals surface area contributed by atoms with E-state index in [2.05, 4.69) is 47.7 Å². The van der Waals surface area contributed by atoms with Crippen LogP contribution in [0.3, 0.4) is 0 Å². The first kappa shape index (κ1) is 28.3. The van der Waals surface area contributed by atoms with Crippen molar-refractivity contribution < 1.29 is 26.3 Å². The van der Waals surface area contributed by atoms with Crippen LogP contribution >= 0.6 is 15.9 Å². The second kappa shape index (κ2) is 11.2. The predicted octanol–water partition coefficient (Wildman–Crippen LogP) is 4.66. The fourth-order valence-corrected chi connectivity index (χ4v) is 6.33. The number of nitrogens with one attached hydrogen (secondary N) is 1. The van der Waals surface area contributed by atoms with Gasteiger partial charge in [0.1, 0.15) is 5.75 Å². The van der Waals surface area contributed by atoms with E-state index < -0.39 is 32.7 Å². The Kier molecular flexibility index (Phi) is 8.35. The molecule has 206 valence electrons. The third-order valence-electron chi connectivity index (χ3n) is 6.22. The fraction of sp³-hybridized carbons (Fsp3) is 0.417. The smallest absolute Gasteiger partial charge is 0.416 e. The van der Waals surface area contributed by atoms with E-state index in [0.29, 0.717) is 18.4 Å². The van der Waals surface area contributed by atoms with Gasteiger partial charge < -0.3 is 14.5 Å². The molecule has 2 heterocycles. The number of hydrogen-bond donors (Lipinski definition) is 1. The average molecular weight is 617 g/mol. The standard InChI is InChI=1S/C24H28BrF3N6O3S/c1-4-34-22(16(2)31-38(35,36)21-14-17(24(26,27)28)8-9-20(21)25)29-30-23(34)37-19-7-5-6-18(15-19)33-12-10-32(3)11-13-33/h5-9,14-16,31H,4,10-13H2,1-3H3/t16-/m1/s1. The minimum absolute atomic E-state index is 0.00594. The molecule has 3 aromatic rings. The molecule has 38 heavy (non-hydrogen) atoms. The molecule has 1 aliphatic heterocycles. The fourth-order valence-electron chi connectivity index (χ4n) is 4.14. The molecule has 1 atom stereocenters. The van der Waals surface area contributed by atoms with Crippen LogP contribution in [0.2, 0.25) is 0 Å². The third-order valence-corrected chi connectivity index (χ3v) is 8.76. The molecule has 0 spiro atoms. The first-order valence-electron chi connectivity index (χ1n) is 11.9. The van der Waals surface area contributed by atoms with Gasteiger partial charge in [0.2, 0.25) is 10.0 Å². The van der Waals surface area contributed by atoms with Crippen molar-refractivity contribution >= 4 is 31.6 Å². The number of aromatic nitrogens is 3. The van der Waals surface area contributed by atoms with Gasteiger partial charge in [0.25, 0.3) is 0 Å². The van der Waals surface area contributed by atoms with Gasteiger partial charge >= 0.3 is 12.2 Å². The van der Waals surface area contributed by atoms with Gasteiger partial charge in [0, 0.05) is 49.0 Å². The van der Waals surface area contributed by atoms with Gasteiger partial charge in [-0.15, -0.1) is 5.10 Å². The van der Waals surface area contributed by atoms with Crippen LogP contribution in [-0.4, -0.2) is 61.3 Å². The lowest BCUT2D eigenvalue weighted by Gasteiger charge is -2.34. The summed E-state index contributed by atoms with van der Waals surface area (Å²) in [4.78, 5) is 4.01. The van der Waals surface area contributed by atoms with Crippen molar-refractivity contribution in [3.63, 3.8) is 0 Å². The maximum atomic E-state index is 13.2. The summed E-state index contributed by atoms with van der Waals surface area (Å²) in [5.41, 5.74) is -0.0499. The second-order valence-corrected chi connectivity index (χ2v) is 11.5. The summed E-state index contributed by atoms with van der Waals surface area (Å²) in [7, 11) is -2.26. The van der Waals surface area contributed by atoms with Crippen LogP contribution in [0.4, 0.5) is 18.9 Å². The Labute approximate surface area is 227 Å². The molecule has 4 rings (SSSR count). The summed E-state index contributed by atoms with van der Waals surface area (Å²) in [6.07, 6.45) is -4.69. The van der Waals surface area contributed by atoms with Crippen molar-refractivity contribution in [2.45, 2.75) is 37.5 Å². The monoisotopic (exact) mass is 616 g/mol. The predicted molar refractivity (Wildman–Crippen MR) is 140 cm³/mol. The second-order valence-electron chi connectivity index (χ2n) is 8.96. The number of hydrogen-bond acceptors (Lipinski definition) is 7. The van der Waals surface area contributed by atoms with Crippen LogP contribution in [0.15, 0.2) is 51.8 Å². The number of halogens is 4. The molecule has 0 amide bonds. The number of alkyl halides is 3. The van der Waals surface area contributed by atoms with Crippen molar-refractivity contribution in [3.05, 3.63) is 58.3 Å². The molecule has 1 aromatic heterocycles. The summed E-state index contributed by atoms with van der Waals surface area (Å²) in [6.45, 7) is 7.45. The summed E-state index contributed by atoms with van der Waals surface area (Å²) >= 11 is 3.04. The molecule has 2 aromatic carbocycles. The van der Waals surface area contributed by atoms with Crippen LogP contribution in [0.1, 0.15) is 31.3 Å². The number of sulfonamides is 1. The number of piperazine rings is 1. The molecule has 1 aliphatic rings. The van der Waals surface area contributed by atoms with E-state index in [9.17, 15) is 21.6 Å². The largest absolute Gasteiger partial charge is 0.424 e. The Morgan fingerprint density at radius 2 is 1.82 bits per heavy atom. The Balaban J connectivity index is 1.54. The van der Waals surface area contributed by atoms with Crippen molar-refractivity contribution in [3.8, 4) is 11.8 Å². The van der Waals surface area contributed by atoms with E-state index in [1.165, 1.54) is 6.92 Å². The van der Waals surface area contributed by atoms with Crippen molar-refractivity contribution in [2.24, 2.45) is 0 Å². The highest BCUT2D eigenvalue weighted by Gasteiger charge is 2.33. The summed E-state index contributed by atoms with van der Waals surface area (Å²) in [6, 6.07) is 9.32. The topological polar surface area (TPSA) is 92.6 Å². The zero-order chi connectivity index (χ0) is 27.7. The molecule has 1 N–H and O–H groups in total. The lowest BCUT2D eigenvalue weighted by atomic mass is 10.2. The SMILES string of the molecule is CCn1c(Oc2cccc(N3CCN(C)CC3)c2)nnc1[C@@H](C)NS(=O)(=O)c1cc(C(F)(F)F)ccc1Br. The van der Waals surface area contributed by atoms with Crippen LogP contribution < -0.4 is 14.4 Å². The zero-order valence-corrected chi connectivity index (χ0v) is 23.4.